The minimum absolute atomic E-state index is 0.525. The highest BCUT2D eigenvalue weighted by Crippen LogP contribution is 2.38. The Bertz CT molecular complexity index is 2260. The molecule has 44 heavy (non-hydrogen) atoms. The molecule has 5 heteroatoms. The van der Waals surface area contributed by atoms with Crippen molar-refractivity contribution in [2.24, 2.45) is 0 Å². The predicted molar refractivity (Wildman–Crippen MR) is 179 cm³/mol. The molecular weight excluding hydrogens is 562 g/mol. The molecule has 7 aromatic rings. The van der Waals surface area contributed by atoms with E-state index in [2.05, 4.69) is 78.9 Å². The molecule has 0 bridgehead atoms. The molecule has 1 aliphatic rings. The van der Waals surface area contributed by atoms with Gasteiger partial charge in [-0.2, -0.15) is 0 Å². The molecule has 0 saturated heterocycles. The Balaban J connectivity index is 1.23. The lowest BCUT2D eigenvalue weighted by Gasteiger charge is -2.10. The normalized spacial score (nSPS) is 12.4. The van der Waals surface area contributed by atoms with Gasteiger partial charge in [-0.3, -0.25) is 0 Å². The minimum Gasteiger partial charge on any atom is -0.456 e. The van der Waals surface area contributed by atoms with E-state index in [1.54, 1.807) is 0 Å². The molecule has 2 heterocycles. The number of rotatable bonds is 5. The Morgan fingerprint density at radius 3 is 1.89 bits per heavy atom. The van der Waals surface area contributed by atoms with Crippen LogP contribution in [0.2, 0.25) is 5.02 Å². The van der Waals surface area contributed by atoms with Crippen molar-refractivity contribution in [3.8, 4) is 45.0 Å². The number of hydrogen-bond acceptors (Lipinski definition) is 4. The van der Waals surface area contributed by atoms with E-state index in [0.29, 0.717) is 28.1 Å². The summed E-state index contributed by atoms with van der Waals surface area (Å²) < 4.78 is 6.15. The quantitative estimate of drug-likeness (QED) is 0.189. The Kier molecular flexibility index (Phi) is 6.42. The summed E-state index contributed by atoms with van der Waals surface area (Å²) in [6, 6.07) is 39.0. The molecule has 5 aromatic carbocycles. The van der Waals surface area contributed by atoms with Crippen LogP contribution in [0.1, 0.15) is 5.82 Å². The van der Waals surface area contributed by atoms with Crippen LogP contribution >= 0.6 is 11.6 Å². The van der Waals surface area contributed by atoms with Gasteiger partial charge in [0, 0.05) is 39.1 Å². The highest BCUT2D eigenvalue weighted by molar-refractivity contribution is 6.32. The summed E-state index contributed by atoms with van der Waals surface area (Å²) in [6.45, 7) is 0. The molecule has 0 aliphatic heterocycles. The van der Waals surface area contributed by atoms with E-state index in [1.807, 2.05) is 66.8 Å². The van der Waals surface area contributed by atoms with Crippen LogP contribution in [-0.4, -0.2) is 15.0 Å². The number of para-hydroxylation sites is 1. The van der Waals surface area contributed by atoms with Crippen molar-refractivity contribution in [1.29, 1.82) is 0 Å². The molecule has 4 nitrogen and oxygen atoms in total. The van der Waals surface area contributed by atoms with Gasteiger partial charge in [0.1, 0.15) is 28.9 Å². The smallest absolute Gasteiger partial charge is 0.190 e. The standard InChI is InChI=1S/C39H23ClN3O/c40-31-23-33(36-32-13-7-8-14-34(32)44-35(36)24-31)39-42-37(29-11-5-2-6-12-29)41-38(43-39)30-21-19-28(20-22-30)27-17-15-26(16-18-27)25-9-3-1-4-10-25/h1,3-24H/q+1. The summed E-state index contributed by atoms with van der Waals surface area (Å²) in [4.78, 5) is 14.8. The molecule has 0 amide bonds. The van der Waals surface area contributed by atoms with Crippen LogP contribution in [0.5, 0.6) is 0 Å². The van der Waals surface area contributed by atoms with Crippen molar-refractivity contribution < 1.29 is 4.42 Å². The molecule has 0 fully saturated rings. The molecule has 0 spiro atoms. The second-order valence-corrected chi connectivity index (χ2v) is 11.0. The first-order chi connectivity index (χ1) is 21.7. The lowest BCUT2D eigenvalue weighted by Crippen LogP contribution is -2.03. The summed E-state index contributed by atoms with van der Waals surface area (Å²) >= 11 is 6.60. The van der Waals surface area contributed by atoms with Crippen molar-refractivity contribution in [2.45, 2.75) is 0 Å². The molecule has 0 unspecified atom stereocenters. The van der Waals surface area contributed by atoms with Crippen molar-refractivity contribution in [1.82, 2.24) is 15.0 Å². The molecule has 8 rings (SSSR count). The molecule has 206 valence electrons. The number of fused-ring (bicyclic) bond motifs is 3. The second-order valence-electron chi connectivity index (χ2n) is 10.5. The van der Waals surface area contributed by atoms with E-state index >= 15 is 0 Å². The van der Waals surface area contributed by atoms with Crippen LogP contribution in [0.25, 0.3) is 72.5 Å². The van der Waals surface area contributed by atoms with Gasteiger partial charge in [0.15, 0.2) is 17.5 Å². The monoisotopic (exact) mass is 584 g/mol. The Morgan fingerprint density at radius 2 is 1.18 bits per heavy atom. The van der Waals surface area contributed by atoms with E-state index < -0.39 is 0 Å². The maximum absolute atomic E-state index is 6.60. The third kappa shape index (κ3) is 4.79. The number of halogens is 1. The maximum atomic E-state index is 6.60. The Hall–Kier alpha value is -5.67. The first kappa shape index (κ1) is 26.0. The maximum Gasteiger partial charge on any atom is 0.190 e. The van der Waals surface area contributed by atoms with Crippen molar-refractivity contribution in [3.63, 3.8) is 0 Å². The van der Waals surface area contributed by atoms with Gasteiger partial charge in [0.05, 0.1) is 12.2 Å². The third-order valence-electron chi connectivity index (χ3n) is 7.76. The van der Waals surface area contributed by atoms with Gasteiger partial charge in [-0.25, -0.2) is 15.0 Å². The first-order valence-electron chi connectivity index (χ1n) is 14.3. The van der Waals surface area contributed by atoms with Crippen LogP contribution in [0.3, 0.4) is 0 Å². The number of aromatic nitrogens is 3. The summed E-state index contributed by atoms with van der Waals surface area (Å²) in [7, 11) is 0. The Labute approximate surface area is 259 Å². The zero-order chi connectivity index (χ0) is 29.5. The SMILES string of the molecule is Clc1cc(-c2nc(C3=CC=[C+]C=C3)nc(-c3ccc(-c4ccc(-c5ccccc5)cc4)cc3)n2)c2c(c1)oc1ccccc12. The third-order valence-corrected chi connectivity index (χ3v) is 7.98. The van der Waals surface area contributed by atoms with Gasteiger partial charge in [-0.05, 0) is 34.4 Å². The first-order valence-corrected chi connectivity index (χ1v) is 14.7. The van der Waals surface area contributed by atoms with E-state index in [0.717, 1.165) is 44.2 Å². The summed E-state index contributed by atoms with van der Waals surface area (Å²) in [6.07, 6.45) is 10.7. The van der Waals surface area contributed by atoms with Crippen LogP contribution in [-0.2, 0) is 0 Å². The van der Waals surface area contributed by atoms with Crippen LogP contribution in [0.15, 0.2) is 144 Å². The molecule has 2 aromatic heterocycles. The van der Waals surface area contributed by atoms with E-state index in [1.165, 1.54) is 11.1 Å². The fraction of sp³-hybridized carbons (Fsp3) is 0. The Morgan fingerprint density at radius 1 is 0.568 bits per heavy atom. The zero-order valence-electron chi connectivity index (χ0n) is 23.4. The highest BCUT2D eigenvalue weighted by Gasteiger charge is 2.20. The second kappa shape index (κ2) is 10.9. The van der Waals surface area contributed by atoms with Crippen molar-refractivity contribution >= 4 is 39.1 Å². The van der Waals surface area contributed by atoms with Gasteiger partial charge in [0.25, 0.3) is 0 Å². The summed E-state index contributed by atoms with van der Waals surface area (Å²) in [5.74, 6) is 1.67. The molecule has 0 N–H and O–H groups in total. The minimum atomic E-state index is 0.525. The molecule has 1 aliphatic carbocycles. The van der Waals surface area contributed by atoms with Gasteiger partial charge in [-0.15, -0.1) is 0 Å². The fourth-order valence-corrected chi connectivity index (χ4v) is 5.79. The average Bonchev–Trinajstić information content (AvgIpc) is 3.47. The molecule has 0 atom stereocenters. The number of benzene rings is 5. The lowest BCUT2D eigenvalue weighted by molar-refractivity contribution is 0.669. The van der Waals surface area contributed by atoms with Crippen molar-refractivity contribution in [3.05, 3.63) is 156 Å². The van der Waals surface area contributed by atoms with E-state index in [-0.39, 0.29) is 0 Å². The summed E-state index contributed by atoms with van der Waals surface area (Å²) in [5, 5.41) is 2.45. The van der Waals surface area contributed by atoms with Crippen LogP contribution in [0, 0.1) is 6.08 Å². The van der Waals surface area contributed by atoms with Gasteiger partial charge in [-0.1, -0.05) is 109 Å². The number of nitrogens with zero attached hydrogens (tertiary/aromatic N) is 3. The average molecular weight is 585 g/mol. The van der Waals surface area contributed by atoms with Gasteiger partial charge < -0.3 is 4.42 Å². The summed E-state index contributed by atoms with van der Waals surface area (Å²) in [5.41, 5.74) is 8.67. The van der Waals surface area contributed by atoms with E-state index in [9.17, 15) is 0 Å². The predicted octanol–water partition coefficient (Wildman–Crippen LogP) is 10.4. The highest BCUT2D eigenvalue weighted by atomic mass is 35.5. The number of allylic oxidation sites excluding steroid dienone is 6. The van der Waals surface area contributed by atoms with E-state index in [4.69, 9.17) is 31.0 Å². The lowest BCUT2D eigenvalue weighted by atomic mass is 9.99. The van der Waals surface area contributed by atoms with Crippen LogP contribution in [0.4, 0.5) is 0 Å². The molecule has 0 radical (unpaired) electrons. The van der Waals surface area contributed by atoms with Gasteiger partial charge in [0.2, 0.25) is 0 Å². The van der Waals surface area contributed by atoms with Gasteiger partial charge >= 0.3 is 0 Å². The largest absolute Gasteiger partial charge is 0.456 e. The molecular formula is C39H23ClN3O+. The zero-order valence-corrected chi connectivity index (χ0v) is 24.2. The fourth-order valence-electron chi connectivity index (χ4n) is 5.59. The molecule has 0 saturated carbocycles. The topological polar surface area (TPSA) is 51.8 Å². The van der Waals surface area contributed by atoms with Crippen LogP contribution < -0.4 is 0 Å². The number of hydrogen-bond donors (Lipinski definition) is 0. The number of furan rings is 1. The van der Waals surface area contributed by atoms with Crippen molar-refractivity contribution in [2.75, 3.05) is 0 Å².